The van der Waals surface area contributed by atoms with Gasteiger partial charge in [-0.25, -0.2) is 0 Å². The first-order valence-corrected chi connectivity index (χ1v) is 9.00. The first kappa shape index (κ1) is 18.4. The predicted molar refractivity (Wildman–Crippen MR) is 105 cm³/mol. The van der Waals surface area contributed by atoms with Gasteiger partial charge in [0.05, 0.1) is 5.69 Å². The maximum atomic E-state index is 4.88. The summed E-state index contributed by atoms with van der Waals surface area (Å²) < 4.78 is 0. The molecule has 0 aliphatic carbocycles. The second kappa shape index (κ2) is 8.23. The van der Waals surface area contributed by atoms with Gasteiger partial charge in [0.15, 0.2) is 0 Å². The second-order valence-electron chi connectivity index (χ2n) is 7.35. The Bertz CT molecular complexity index is 653. The lowest BCUT2D eigenvalue weighted by molar-refractivity contribution is 0.805. The molecule has 0 bridgehead atoms. The maximum Gasteiger partial charge on any atom is 0.0695 e. The standard InChI is InChI=1S/C22H30N2/c1-15(2)18-13-20(16(3)4)22(21(14-18)17(5)6)24-12-10-19-9-7-8-11-23-19/h7-9,11-17H,10H2,1-6H3. The third kappa shape index (κ3) is 4.53. The molecule has 0 atom stereocenters. The van der Waals surface area contributed by atoms with Gasteiger partial charge >= 0.3 is 0 Å². The number of rotatable bonds is 6. The zero-order valence-corrected chi connectivity index (χ0v) is 15.9. The van der Waals surface area contributed by atoms with Crippen molar-refractivity contribution in [1.29, 1.82) is 0 Å². The van der Waals surface area contributed by atoms with Crippen LogP contribution in [0.25, 0.3) is 0 Å². The van der Waals surface area contributed by atoms with Crippen LogP contribution in [0.4, 0.5) is 5.69 Å². The Morgan fingerprint density at radius 2 is 1.54 bits per heavy atom. The van der Waals surface area contributed by atoms with Crippen molar-refractivity contribution < 1.29 is 0 Å². The lowest BCUT2D eigenvalue weighted by Gasteiger charge is -2.20. The molecule has 0 amide bonds. The molecule has 0 aliphatic heterocycles. The van der Waals surface area contributed by atoms with Crippen LogP contribution in [0.1, 0.15) is 81.7 Å². The number of hydrogen-bond donors (Lipinski definition) is 0. The first-order chi connectivity index (χ1) is 11.4. The topological polar surface area (TPSA) is 25.2 Å². The summed E-state index contributed by atoms with van der Waals surface area (Å²) in [5.74, 6) is 1.46. The van der Waals surface area contributed by atoms with E-state index in [1.807, 2.05) is 30.6 Å². The lowest BCUT2D eigenvalue weighted by Crippen LogP contribution is -2.00. The van der Waals surface area contributed by atoms with Gasteiger partial charge in [0, 0.05) is 24.5 Å². The van der Waals surface area contributed by atoms with Gasteiger partial charge in [0.1, 0.15) is 0 Å². The lowest BCUT2D eigenvalue weighted by atomic mass is 9.87. The van der Waals surface area contributed by atoms with Crippen molar-refractivity contribution in [2.24, 2.45) is 4.99 Å². The Morgan fingerprint density at radius 3 is 2.00 bits per heavy atom. The van der Waals surface area contributed by atoms with E-state index in [9.17, 15) is 0 Å². The highest BCUT2D eigenvalue weighted by Crippen LogP contribution is 2.37. The predicted octanol–water partition coefficient (Wildman–Crippen LogP) is 6.40. The van der Waals surface area contributed by atoms with Gasteiger partial charge < -0.3 is 0 Å². The van der Waals surface area contributed by atoms with Crippen LogP contribution in [-0.4, -0.2) is 11.2 Å². The number of nitrogens with zero attached hydrogens (tertiary/aromatic N) is 2. The van der Waals surface area contributed by atoms with E-state index in [0.717, 1.165) is 17.8 Å². The normalized spacial score (nSPS) is 12.0. The summed E-state index contributed by atoms with van der Waals surface area (Å²) in [5, 5.41) is 0. The van der Waals surface area contributed by atoms with Crippen molar-refractivity contribution in [3.05, 3.63) is 58.9 Å². The number of hydrogen-bond acceptors (Lipinski definition) is 2. The van der Waals surface area contributed by atoms with E-state index in [0.29, 0.717) is 17.8 Å². The quantitative estimate of drug-likeness (QED) is 0.565. The minimum atomic E-state index is 0.461. The van der Waals surface area contributed by atoms with E-state index in [1.165, 1.54) is 16.7 Å². The molecule has 0 saturated heterocycles. The summed E-state index contributed by atoms with van der Waals surface area (Å²) in [7, 11) is 0. The zero-order valence-electron chi connectivity index (χ0n) is 15.9. The van der Waals surface area contributed by atoms with Gasteiger partial charge in [-0.15, -0.1) is 0 Å². The summed E-state index contributed by atoms with van der Waals surface area (Å²) in [6, 6.07) is 10.7. The number of aromatic nitrogens is 1. The fourth-order valence-corrected chi connectivity index (χ4v) is 2.82. The minimum absolute atomic E-state index is 0.461. The number of benzene rings is 1. The van der Waals surface area contributed by atoms with Gasteiger partial charge in [-0.1, -0.05) is 59.7 Å². The molecule has 0 fully saturated rings. The van der Waals surface area contributed by atoms with Crippen LogP contribution in [0.15, 0.2) is 41.5 Å². The van der Waals surface area contributed by atoms with Crippen LogP contribution in [0.5, 0.6) is 0 Å². The average Bonchev–Trinajstić information content (AvgIpc) is 2.55. The summed E-state index contributed by atoms with van der Waals surface area (Å²) in [6.45, 7) is 13.5. The molecule has 2 heteroatoms. The van der Waals surface area contributed by atoms with Crippen molar-refractivity contribution in [2.45, 2.75) is 65.7 Å². The smallest absolute Gasteiger partial charge is 0.0695 e. The van der Waals surface area contributed by atoms with Crippen molar-refractivity contribution in [3.63, 3.8) is 0 Å². The largest absolute Gasteiger partial charge is 0.261 e. The highest BCUT2D eigenvalue weighted by atomic mass is 14.7. The number of pyridine rings is 1. The Balaban J connectivity index is 2.42. The van der Waals surface area contributed by atoms with E-state index in [-0.39, 0.29) is 0 Å². The van der Waals surface area contributed by atoms with Crippen LogP contribution in [0.3, 0.4) is 0 Å². The third-order valence-corrected chi connectivity index (χ3v) is 4.35. The van der Waals surface area contributed by atoms with E-state index >= 15 is 0 Å². The molecule has 0 radical (unpaired) electrons. The molecule has 0 spiro atoms. The summed E-state index contributed by atoms with van der Waals surface area (Å²) in [4.78, 5) is 9.25. The Morgan fingerprint density at radius 1 is 0.917 bits per heavy atom. The molecule has 0 aliphatic rings. The monoisotopic (exact) mass is 322 g/mol. The molecule has 1 aromatic carbocycles. The van der Waals surface area contributed by atoms with Crippen molar-refractivity contribution in [3.8, 4) is 0 Å². The van der Waals surface area contributed by atoms with Crippen LogP contribution < -0.4 is 0 Å². The van der Waals surface area contributed by atoms with Crippen LogP contribution in [0.2, 0.25) is 0 Å². The van der Waals surface area contributed by atoms with E-state index in [2.05, 4.69) is 58.7 Å². The molecule has 1 heterocycles. The van der Waals surface area contributed by atoms with Gasteiger partial charge in [0.2, 0.25) is 0 Å². The fourth-order valence-electron chi connectivity index (χ4n) is 2.82. The Kier molecular flexibility index (Phi) is 6.30. The van der Waals surface area contributed by atoms with Crippen LogP contribution >= 0.6 is 0 Å². The highest BCUT2D eigenvalue weighted by Gasteiger charge is 2.16. The van der Waals surface area contributed by atoms with E-state index in [4.69, 9.17) is 4.99 Å². The van der Waals surface area contributed by atoms with Gasteiger partial charge in [-0.3, -0.25) is 9.98 Å². The van der Waals surface area contributed by atoms with E-state index in [1.54, 1.807) is 0 Å². The molecular weight excluding hydrogens is 292 g/mol. The molecule has 0 unspecified atom stereocenters. The first-order valence-electron chi connectivity index (χ1n) is 9.00. The maximum absolute atomic E-state index is 4.88. The number of aliphatic imine (C=N–C) groups is 1. The Hall–Kier alpha value is -1.96. The highest BCUT2D eigenvalue weighted by molar-refractivity contribution is 5.70. The van der Waals surface area contributed by atoms with E-state index < -0.39 is 0 Å². The second-order valence-corrected chi connectivity index (χ2v) is 7.35. The molecule has 2 aromatic rings. The van der Waals surface area contributed by atoms with Crippen LogP contribution in [0, 0.1) is 0 Å². The molecule has 2 rings (SSSR count). The molecular formula is C22H30N2. The Labute approximate surface area is 147 Å². The SMILES string of the molecule is CC(C)c1cc(C(C)C)c(N=CCc2ccccn2)c(C(C)C)c1. The zero-order chi connectivity index (χ0) is 17.7. The average molecular weight is 322 g/mol. The fraction of sp³-hybridized carbons (Fsp3) is 0.455. The molecule has 0 N–H and O–H groups in total. The third-order valence-electron chi connectivity index (χ3n) is 4.35. The summed E-state index contributed by atoms with van der Waals surface area (Å²) >= 11 is 0. The van der Waals surface area contributed by atoms with Crippen molar-refractivity contribution in [2.75, 3.05) is 0 Å². The van der Waals surface area contributed by atoms with Gasteiger partial charge in [-0.2, -0.15) is 0 Å². The van der Waals surface area contributed by atoms with Gasteiger partial charge in [-0.05, 0) is 46.6 Å². The summed E-state index contributed by atoms with van der Waals surface area (Å²) in [5.41, 5.74) is 6.31. The van der Waals surface area contributed by atoms with Crippen molar-refractivity contribution in [1.82, 2.24) is 4.98 Å². The molecule has 0 saturated carbocycles. The minimum Gasteiger partial charge on any atom is -0.261 e. The molecule has 128 valence electrons. The van der Waals surface area contributed by atoms with Crippen molar-refractivity contribution >= 4 is 11.9 Å². The molecule has 24 heavy (non-hydrogen) atoms. The molecule has 2 nitrogen and oxygen atoms in total. The van der Waals surface area contributed by atoms with Gasteiger partial charge in [0.25, 0.3) is 0 Å². The summed E-state index contributed by atoms with van der Waals surface area (Å²) in [6.07, 6.45) is 4.60. The molecule has 1 aromatic heterocycles. The van der Waals surface area contributed by atoms with Crippen LogP contribution in [-0.2, 0) is 6.42 Å².